The molecule has 7 rings (SSSR count). The van der Waals surface area contributed by atoms with Crippen molar-refractivity contribution in [1.82, 2.24) is 24.9 Å². The van der Waals surface area contributed by atoms with Crippen molar-refractivity contribution in [3.05, 3.63) is 138 Å². The maximum absolute atomic E-state index is 14.3. The molecule has 0 saturated carbocycles. The molecule has 0 radical (unpaired) electrons. The molecule has 0 aliphatic carbocycles. The number of nitrogens with zero attached hydrogens (tertiary/aromatic N) is 4. The second-order valence-corrected chi connectivity index (χ2v) is 14.9. The molecule has 3 saturated heterocycles. The molecule has 0 aromatic heterocycles. The Bertz CT molecular complexity index is 1890. The fourth-order valence-corrected chi connectivity index (χ4v) is 8.38. The molecule has 3 heterocycles. The van der Waals surface area contributed by atoms with Gasteiger partial charge in [0.2, 0.25) is 0 Å². The first kappa shape index (κ1) is 36.9. The number of hydrogen-bond donors (Lipinski definition) is 2. The van der Waals surface area contributed by atoms with Crippen molar-refractivity contribution in [2.24, 2.45) is 0 Å². The van der Waals surface area contributed by atoms with Crippen LogP contribution in [0.2, 0.25) is 0 Å². The normalized spacial score (nSPS) is 21.4. The molecule has 10 heteroatoms. The minimum Gasteiger partial charge on any atom is -0.508 e. The highest BCUT2D eigenvalue weighted by Gasteiger charge is 2.43. The fourth-order valence-electron chi connectivity index (χ4n) is 8.38. The third-order valence-electron chi connectivity index (χ3n) is 11.3. The monoisotopic (exact) mass is 727 g/mol. The summed E-state index contributed by atoms with van der Waals surface area (Å²) in [6.07, 6.45) is 4.21. The zero-order chi connectivity index (χ0) is 37.4. The van der Waals surface area contributed by atoms with Crippen molar-refractivity contribution in [2.75, 3.05) is 39.3 Å². The summed E-state index contributed by atoms with van der Waals surface area (Å²) in [5, 5.41) is 12.5. The summed E-state index contributed by atoms with van der Waals surface area (Å²) in [7, 11) is 0. The van der Waals surface area contributed by atoms with Crippen LogP contribution in [0.4, 0.5) is 0 Å². The van der Waals surface area contributed by atoms with E-state index in [1.807, 2.05) is 71.6 Å². The number of carbonyl (C=O) groups is 4. The van der Waals surface area contributed by atoms with Crippen LogP contribution in [0, 0.1) is 0 Å². The van der Waals surface area contributed by atoms with Crippen LogP contribution in [0.25, 0.3) is 0 Å². The lowest BCUT2D eigenvalue weighted by Gasteiger charge is -2.45. The molecule has 54 heavy (non-hydrogen) atoms. The number of aromatic hydroxyl groups is 1. The topological polar surface area (TPSA) is 114 Å². The van der Waals surface area contributed by atoms with Crippen molar-refractivity contribution < 1.29 is 24.3 Å². The van der Waals surface area contributed by atoms with Gasteiger partial charge < -0.3 is 25.1 Å². The lowest BCUT2D eigenvalue weighted by molar-refractivity contribution is -0.161. The first-order valence-electron chi connectivity index (χ1n) is 19.2. The Morgan fingerprint density at radius 1 is 0.648 bits per heavy atom. The minimum absolute atomic E-state index is 0.0153. The molecule has 0 spiro atoms. The van der Waals surface area contributed by atoms with E-state index in [4.69, 9.17) is 0 Å². The number of phenolic OH excluding ortho intramolecular Hbond substituents is 1. The highest BCUT2D eigenvalue weighted by molar-refractivity contribution is 6.36. The maximum Gasteiger partial charge on any atom is 0.312 e. The van der Waals surface area contributed by atoms with E-state index in [-0.39, 0.29) is 29.9 Å². The summed E-state index contributed by atoms with van der Waals surface area (Å²) in [4.78, 5) is 62.2. The molecule has 4 amide bonds. The number of amides is 4. The van der Waals surface area contributed by atoms with Crippen LogP contribution in [0.5, 0.6) is 5.75 Å². The molecule has 4 aromatic rings. The third-order valence-corrected chi connectivity index (χ3v) is 11.3. The Hall–Kier alpha value is -5.48. The van der Waals surface area contributed by atoms with Crippen LogP contribution < -0.4 is 5.32 Å². The second kappa shape index (κ2) is 17.1. The van der Waals surface area contributed by atoms with Crippen LogP contribution in [-0.2, 0) is 44.9 Å². The standard InChI is InChI=1S/C44H49N5O5/c50-40-20-18-35(19-21-40)25-37-28-45-41(51)42(52)48(37)30-36-17-10-23-46(36)29-38(26-33-13-6-2-7-14-33)49-31-39(27-34-15-8-3-9-16-34)47(43(53)44(49)54)24-22-32-11-4-1-5-12-32/h1-9,11-16,18-21,36-39,50H,10,17,22-31H2,(H,45,51)/t36-,37+,38+,39+/m1/s1. The molecule has 3 fully saturated rings. The number of carbonyl (C=O) groups excluding carboxylic acids is 4. The largest absolute Gasteiger partial charge is 0.508 e. The first-order chi connectivity index (χ1) is 26.3. The summed E-state index contributed by atoms with van der Waals surface area (Å²) >= 11 is 0. The Morgan fingerprint density at radius 3 is 1.94 bits per heavy atom. The summed E-state index contributed by atoms with van der Waals surface area (Å²) < 4.78 is 0. The van der Waals surface area contributed by atoms with Gasteiger partial charge in [0.1, 0.15) is 5.75 Å². The van der Waals surface area contributed by atoms with Crippen LogP contribution in [0.3, 0.4) is 0 Å². The highest BCUT2D eigenvalue weighted by atomic mass is 16.3. The van der Waals surface area contributed by atoms with E-state index in [0.29, 0.717) is 58.4 Å². The van der Waals surface area contributed by atoms with Crippen LogP contribution in [-0.4, -0.2) is 112 Å². The van der Waals surface area contributed by atoms with E-state index in [1.165, 1.54) is 0 Å². The molecule has 10 nitrogen and oxygen atoms in total. The second-order valence-electron chi connectivity index (χ2n) is 14.9. The average Bonchev–Trinajstić information content (AvgIpc) is 3.63. The lowest BCUT2D eigenvalue weighted by Crippen LogP contribution is -2.65. The molecule has 0 bridgehead atoms. The molecule has 280 valence electrons. The van der Waals surface area contributed by atoms with E-state index >= 15 is 0 Å². The summed E-state index contributed by atoms with van der Waals surface area (Å²) in [6, 6.07) is 36.6. The number of piperazine rings is 2. The van der Waals surface area contributed by atoms with E-state index in [0.717, 1.165) is 41.6 Å². The van der Waals surface area contributed by atoms with Crippen LogP contribution in [0.1, 0.15) is 35.1 Å². The fraction of sp³-hybridized carbons (Fsp3) is 0.364. The van der Waals surface area contributed by atoms with Gasteiger partial charge in [-0.1, -0.05) is 103 Å². The van der Waals surface area contributed by atoms with Crippen molar-refractivity contribution in [2.45, 2.75) is 62.7 Å². The number of phenols is 1. The zero-order valence-electron chi connectivity index (χ0n) is 30.6. The van der Waals surface area contributed by atoms with Crippen molar-refractivity contribution >= 4 is 23.6 Å². The maximum atomic E-state index is 14.3. The number of rotatable bonds is 14. The van der Waals surface area contributed by atoms with Crippen LogP contribution in [0.15, 0.2) is 115 Å². The molecular weight excluding hydrogens is 679 g/mol. The lowest BCUT2D eigenvalue weighted by atomic mass is 9.97. The quantitative estimate of drug-likeness (QED) is 0.191. The van der Waals surface area contributed by atoms with E-state index in [2.05, 4.69) is 46.6 Å². The smallest absolute Gasteiger partial charge is 0.312 e. The number of nitrogens with one attached hydrogen (secondary N) is 1. The molecule has 3 aliphatic heterocycles. The molecule has 4 atom stereocenters. The number of likely N-dealkylation sites (tertiary alicyclic amines) is 1. The summed E-state index contributed by atoms with van der Waals surface area (Å²) in [5.74, 6) is -1.89. The molecule has 2 N–H and O–H groups in total. The van der Waals surface area contributed by atoms with Gasteiger partial charge in [-0.15, -0.1) is 0 Å². The van der Waals surface area contributed by atoms with Gasteiger partial charge in [-0.3, -0.25) is 24.1 Å². The Morgan fingerprint density at radius 2 is 1.26 bits per heavy atom. The SMILES string of the molecule is O=C1NC[C@H](Cc2ccc(O)cc2)N(C[C@H]2CCCN2C[C@H](Cc2ccccc2)N2C[C@H](Cc3ccccc3)N(CCc3ccccc3)C(=O)C2=O)C1=O. The van der Waals surface area contributed by atoms with Crippen molar-refractivity contribution in [3.63, 3.8) is 0 Å². The van der Waals surface area contributed by atoms with Gasteiger partial charge in [0.05, 0.1) is 12.1 Å². The predicted molar refractivity (Wildman–Crippen MR) is 206 cm³/mol. The van der Waals surface area contributed by atoms with Crippen molar-refractivity contribution in [3.8, 4) is 5.75 Å². The van der Waals surface area contributed by atoms with Gasteiger partial charge in [0.15, 0.2) is 0 Å². The molecule has 0 unspecified atom stereocenters. The van der Waals surface area contributed by atoms with Gasteiger partial charge in [-0.2, -0.15) is 0 Å². The van der Waals surface area contributed by atoms with Gasteiger partial charge >= 0.3 is 23.6 Å². The average molecular weight is 728 g/mol. The predicted octanol–water partition coefficient (Wildman–Crippen LogP) is 3.86. The number of benzene rings is 4. The minimum atomic E-state index is -0.595. The molecular formula is C44H49N5O5. The van der Waals surface area contributed by atoms with E-state index in [9.17, 15) is 24.3 Å². The van der Waals surface area contributed by atoms with Gasteiger partial charge in [-0.25, -0.2) is 0 Å². The van der Waals surface area contributed by atoms with Gasteiger partial charge in [0, 0.05) is 44.8 Å². The summed E-state index contributed by atoms with van der Waals surface area (Å²) in [6.45, 7) is 2.95. The number of hydrogen-bond acceptors (Lipinski definition) is 6. The Kier molecular flexibility index (Phi) is 11.7. The van der Waals surface area contributed by atoms with E-state index < -0.39 is 23.6 Å². The molecule has 3 aliphatic rings. The van der Waals surface area contributed by atoms with E-state index in [1.54, 1.807) is 21.9 Å². The third kappa shape index (κ3) is 8.82. The van der Waals surface area contributed by atoms with Crippen molar-refractivity contribution in [1.29, 1.82) is 0 Å². The van der Waals surface area contributed by atoms with Gasteiger partial charge in [-0.05, 0) is 79.5 Å². The van der Waals surface area contributed by atoms with Crippen LogP contribution >= 0.6 is 0 Å². The first-order valence-corrected chi connectivity index (χ1v) is 19.2. The van der Waals surface area contributed by atoms with Gasteiger partial charge in [0.25, 0.3) is 0 Å². The Labute approximate surface area is 317 Å². The molecule has 4 aromatic carbocycles. The highest BCUT2D eigenvalue weighted by Crippen LogP contribution is 2.27. The Balaban J connectivity index is 1.13. The zero-order valence-corrected chi connectivity index (χ0v) is 30.6. The summed E-state index contributed by atoms with van der Waals surface area (Å²) in [5.41, 5.74) is 4.29.